The molecule has 1 atom stereocenters. The van der Waals surface area contributed by atoms with Crippen LogP contribution in [0.5, 0.6) is 0 Å². The molecule has 2 aromatic rings. The summed E-state index contributed by atoms with van der Waals surface area (Å²) in [4.78, 5) is 36.7. The van der Waals surface area contributed by atoms with Crippen LogP contribution < -0.4 is 10.6 Å². The number of carbonyl (C=O) groups excluding carboxylic acids is 2. The van der Waals surface area contributed by atoms with Gasteiger partial charge < -0.3 is 20.6 Å². The summed E-state index contributed by atoms with van der Waals surface area (Å²) in [6, 6.07) is 1.18. The van der Waals surface area contributed by atoms with E-state index in [1.165, 1.54) is 0 Å². The number of thiazole rings is 1. The minimum Gasteiger partial charge on any atom is -0.388 e. The van der Waals surface area contributed by atoms with Gasteiger partial charge in [-0.25, -0.2) is 18.7 Å². The number of halogens is 2. The number of nitrogens with one attached hydrogen (secondary N) is 2. The molecular weight excluding hydrogens is 488 g/mol. The average molecular weight is 522 g/mol. The van der Waals surface area contributed by atoms with Gasteiger partial charge in [-0.3, -0.25) is 9.59 Å². The maximum atomic E-state index is 14.1. The van der Waals surface area contributed by atoms with Crippen LogP contribution >= 0.6 is 11.3 Å². The van der Waals surface area contributed by atoms with Gasteiger partial charge in [0.1, 0.15) is 11.5 Å². The molecule has 0 bridgehead atoms. The Labute approximate surface area is 213 Å². The van der Waals surface area contributed by atoms with Gasteiger partial charge in [-0.05, 0) is 65.5 Å². The lowest BCUT2D eigenvalue weighted by molar-refractivity contribution is -0.0300. The number of hydrogen-bond acceptors (Lipinski definition) is 7. The Morgan fingerprint density at radius 2 is 2.00 bits per heavy atom. The smallest absolute Gasteiger partial charge is 0.280 e. The number of aromatic nitrogens is 2. The largest absolute Gasteiger partial charge is 0.388 e. The van der Waals surface area contributed by atoms with Crippen LogP contribution in [0.25, 0.3) is 10.4 Å². The van der Waals surface area contributed by atoms with E-state index in [0.717, 1.165) is 28.2 Å². The molecular formula is C25H33F2N5O3S. The van der Waals surface area contributed by atoms with E-state index >= 15 is 0 Å². The molecule has 2 aromatic heterocycles. The maximum Gasteiger partial charge on any atom is 0.280 e. The number of anilines is 1. The van der Waals surface area contributed by atoms with Crippen molar-refractivity contribution < 1.29 is 23.5 Å². The topological polar surface area (TPSA) is 107 Å². The first-order chi connectivity index (χ1) is 16.7. The number of pyridine rings is 1. The standard InChI is InChI=1S/C25H33F2N5O3S/c1-14-9-17(31-23(3,4)5)28-11-16(14)19-18(22(34)32-13-25(26,27)10-15(32)2)30-21(36-19)20(33)29-12-24(35)7-6-8-24/h9,11,15,35H,6-8,10,12-13H2,1-5H3,(H,28,31)(H,29,33)/t15-/m0/s1. The second-order valence-electron chi connectivity index (χ2n) is 11.1. The fourth-order valence-electron chi connectivity index (χ4n) is 4.49. The molecule has 1 saturated carbocycles. The van der Waals surface area contributed by atoms with Crippen molar-refractivity contribution in [3.05, 3.63) is 28.5 Å². The molecule has 196 valence electrons. The van der Waals surface area contributed by atoms with Crippen LogP contribution in [0.1, 0.15) is 79.2 Å². The van der Waals surface area contributed by atoms with Crippen LogP contribution in [-0.4, -0.2) is 68.0 Å². The fourth-order valence-corrected chi connectivity index (χ4v) is 5.54. The molecule has 0 spiro atoms. The molecule has 11 heteroatoms. The number of amides is 2. The monoisotopic (exact) mass is 521 g/mol. The third-order valence-corrected chi connectivity index (χ3v) is 7.62. The minimum atomic E-state index is -2.97. The van der Waals surface area contributed by atoms with Gasteiger partial charge in [-0.1, -0.05) is 0 Å². The van der Waals surface area contributed by atoms with Crippen molar-refractivity contribution in [1.29, 1.82) is 0 Å². The Morgan fingerprint density at radius 3 is 2.53 bits per heavy atom. The van der Waals surface area contributed by atoms with Gasteiger partial charge in [0, 0.05) is 36.3 Å². The van der Waals surface area contributed by atoms with Gasteiger partial charge >= 0.3 is 0 Å². The number of aliphatic hydroxyl groups is 1. The summed E-state index contributed by atoms with van der Waals surface area (Å²) >= 11 is 1.02. The summed E-state index contributed by atoms with van der Waals surface area (Å²) in [5, 5.41) is 16.3. The van der Waals surface area contributed by atoms with Crippen molar-refractivity contribution in [2.24, 2.45) is 0 Å². The van der Waals surface area contributed by atoms with Crippen molar-refractivity contribution in [2.45, 2.75) is 83.4 Å². The highest BCUT2D eigenvalue weighted by Crippen LogP contribution is 2.38. The number of carbonyl (C=O) groups is 2. The number of alkyl halides is 2. The van der Waals surface area contributed by atoms with E-state index in [0.29, 0.717) is 29.1 Å². The van der Waals surface area contributed by atoms with Gasteiger partial charge in [-0.2, -0.15) is 0 Å². The Kier molecular flexibility index (Phi) is 6.85. The van der Waals surface area contributed by atoms with Crippen LogP contribution in [0.3, 0.4) is 0 Å². The number of likely N-dealkylation sites (tertiary alicyclic amines) is 1. The highest BCUT2D eigenvalue weighted by molar-refractivity contribution is 7.17. The zero-order valence-electron chi connectivity index (χ0n) is 21.2. The predicted molar refractivity (Wildman–Crippen MR) is 135 cm³/mol. The summed E-state index contributed by atoms with van der Waals surface area (Å²) in [6.45, 7) is 8.87. The average Bonchev–Trinajstić information content (AvgIpc) is 3.29. The van der Waals surface area contributed by atoms with Crippen molar-refractivity contribution in [1.82, 2.24) is 20.2 Å². The molecule has 2 aliphatic rings. The molecule has 1 aliphatic heterocycles. The molecule has 1 aliphatic carbocycles. The third-order valence-electron chi connectivity index (χ3n) is 6.53. The maximum absolute atomic E-state index is 14.1. The van der Waals surface area contributed by atoms with Crippen molar-refractivity contribution in [3.8, 4) is 10.4 Å². The van der Waals surface area contributed by atoms with Crippen LogP contribution in [-0.2, 0) is 0 Å². The van der Waals surface area contributed by atoms with E-state index in [1.807, 2.05) is 33.8 Å². The Hall–Kier alpha value is -2.66. The van der Waals surface area contributed by atoms with Crippen molar-refractivity contribution >= 4 is 29.0 Å². The zero-order valence-corrected chi connectivity index (χ0v) is 22.1. The molecule has 1 saturated heterocycles. The lowest BCUT2D eigenvalue weighted by Gasteiger charge is -2.36. The van der Waals surface area contributed by atoms with Crippen LogP contribution in [0.15, 0.2) is 12.3 Å². The Bertz CT molecular complexity index is 1170. The van der Waals surface area contributed by atoms with Gasteiger partial charge in [0.15, 0.2) is 5.01 Å². The van der Waals surface area contributed by atoms with Crippen molar-refractivity contribution in [3.63, 3.8) is 0 Å². The van der Waals surface area contributed by atoms with Gasteiger partial charge in [0.2, 0.25) is 0 Å². The van der Waals surface area contributed by atoms with E-state index in [2.05, 4.69) is 20.6 Å². The molecule has 8 nitrogen and oxygen atoms in total. The molecule has 0 radical (unpaired) electrons. The number of rotatable bonds is 6. The van der Waals surface area contributed by atoms with E-state index in [9.17, 15) is 23.5 Å². The Morgan fingerprint density at radius 1 is 1.31 bits per heavy atom. The summed E-state index contributed by atoms with van der Waals surface area (Å²) < 4.78 is 28.1. The SMILES string of the molecule is Cc1cc(NC(C)(C)C)ncc1-c1sc(C(=O)NCC2(O)CCC2)nc1C(=O)N1CC(F)(F)C[C@@H]1C. The minimum absolute atomic E-state index is 0.0335. The summed E-state index contributed by atoms with van der Waals surface area (Å²) in [5.41, 5.74) is 0.231. The van der Waals surface area contributed by atoms with E-state index in [1.54, 1.807) is 13.1 Å². The summed E-state index contributed by atoms with van der Waals surface area (Å²) in [5.74, 6) is -3.47. The number of nitrogens with zero attached hydrogens (tertiary/aromatic N) is 3. The first-order valence-corrected chi connectivity index (χ1v) is 12.9. The highest BCUT2D eigenvalue weighted by Gasteiger charge is 2.46. The van der Waals surface area contributed by atoms with E-state index in [-0.39, 0.29) is 22.8 Å². The quantitative estimate of drug-likeness (QED) is 0.525. The molecule has 0 aromatic carbocycles. The van der Waals surface area contributed by atoms with Crippen molar-refractivity contribution in [2.75, 3.05) is 18.4 Å². The lowest BCUT2D eigenvalue weighted by Crippen LogP contribution is -2.47. The first kappa shape index (κ1) is 26.4. The van der Waals surface area contributed by atoms with Gasteiger partial charge in [0.05, 0.1) is 17.0 Å². The first-order valence-electron chi connectivity index (χ1n) is 12.1. The van der Waals surface area contributed by atoms with Crippen LogP contribution in [0.2, 0.25) is 0 Å². The van der Waals surface area contributed by atoms with Crippen LogP contribution in [0, 0.1) is 6.92 Å². The Balaban J connectivity index is 1.69. The molecule has 36 heavy (non-hydrogen) atoms. The molecule has 2 fully saturated rings. The molecule has 4 rings (SSSR count). The second-order valence-corrected chi connectivity index (χ2v) is 12.1. The molecule has 3 N–H and O–H groups in total. The molecule has 3 heterocycles. The lowest BCUT2D eigenvalue weighted by atomic mass is 9.80. The third kappa shape index (κ3) is 5.67. The molecule has 0 unspecified atom stereocenters. The normalized spacial score (nSPS) is 20.7. The van der Waals surface area contributed by atoms with Crippen LogP contribution in [0.4, 0.5) is 14.6 Å². The predicted octanol–water partition coefficient (Wildman–Crippen LogP) is 4.24. The van der Waals surface area contributed by atoms with E-state index < -0.39 is 42.3 Å². The van der Waals surface area contributed by atoms with Gasteiger partial charge in [0.25, 0.3) is 17.7 Å². The zero-order chi connectivity index (χ0) is 26.5. The van der Waals surface area contributed by atoms with E-state index in [4.69, 9.17) is 0 Å². The van der Waals surface area contributed by atoms with Gasteiger partial charge in [-0.15, -0.1) is 11.3 Å². The summed E-state index contributed by atoms with van der Waals surface area (Å²) in [6.07, 6.45) is 3.31. The number of aryl methyl sites for hydroxylation is 1. The highest BCUT2D eigenvalue weighted by atomic mass is 32.1. The molecule has 2 amide bonds. The fraction of sp³-hybridized carbons (Fsp3) is 0.600. The second kappa shape index (κ2) is 9.33. The number of hydrogen-bond donors (Lipinski definition) is 3. The summed E-state index contributed by atoms with van der Waals surface area (Å²) in [7, 11) is 0.